The summed E-state index contributed by atoms with van der Waals surface area (Å²) in [5, 5.41) is 3.73. The number of hydrogen-bond acceptors (Lipinski definition) is 8. The summed E-state index contributed by atoms with van der Waals surface area (Å²) in [6.45, 7) is 5.61. The van der Waals surface area contributed by atoms with Gasteiger partial charge >= 0.3 is 0 Å². The van der Waals surface area contributed by atoms with Crippen LogP contribution in [0.4, 0.5) is 16.6 Å². The lowest BCUT2D eigenvalue weighted by atomic mass is 10.0. The Labute approximate surface area is 166 Å². The Morgan fingerprint density at radius 1 is 1.36 bits per heavy atom. The molecule has 0 saturated carbocycles. The number of nitrogens with one attached hydrogen (secondary N) is 1. The van der Waals surface area contributed by atoms with Gasteiger partial charge in [0.05, 0.1) is 11.9 Å². The molecule has 9 heteroatoms. The van der Waals surface area contributed by atoms with Crippen molar-refractivity contribution in [2.24, 2.45) is 0 Å². The van der Waals surface area contributed by atoms with Crippen LogP contribution in [0.15, 0.2) is 30.6 Å². The molecule has 0 saturated heterocycles. The molecule has 4 heterocycles. The summed E-state index contributed by atoms with van der Waals surface area (Å²) in [4.78, 5) is 26.5. The van der Waals surface area contributed by atoms with Gasteiger partial charge in [0.2, 0.25) is 11.0 Å². The molecular weight excluding hydrogens is 376 g/mol. The van der Waals surface area contributed by atoms with Gasteiger partial charge in [-0.15, -0.1) is 0 Å². The Bertz CT molecular complexity index is 1050. The number of carbonyl (C=O) groups excluding carboxylic acids is 1. The van der Waals surface area contributed by atoms with Crippen molar-refractivity contribution in [2.75, 3.05) is 17.3 Å². The molecule has 1 N–H and O–H groups in total. The van der Waals surface area contributed by atoms with E-state index in [-0.39, 0.29) is 11.5 Å². The van der Waals surface area contributed by atoms with E-state index in [0.717, 1.165) is 17.7 Å². The standard InChI is InChI=1S/C19H20N6O2S/c1-11(26)25(4)14-6-5-7-20-17(14)23-18-22-16(24-28-18)13-8-12-9-19(2,3)27-15(12)10-21-13/h5-8,10H,9H2,1-4H3,(H,20,22,23,24). The highest BCUT2D eigenvalue weighted by molar-refractivity contribution is 7.09. The molecular formula is C19H20N6O2S. The van der Waals surface area contributed by atoms with Crippen LogP contribution in [0.5, 0.6) is 5.75 Å². The van der Waals surface area contributed by atoms with Crippen LogP contribution in [0, 0.1) is 0 Å². The summed E-state index contributed by atoms with van der Waals surface area (Å²) in [5.74, 6) is 1.81. The Hall–Kier alpha value is -3.07. The van der Waals surface area contributed by atoms with Crippen LogP contribution in [0.25, 0.3) is 11.5 Å². The summed E-state index contributed by atoms with van der Waals surface area (Å²) in [7, 11) is 1.70. The monoisotopic (exact) mass is 396 g/mol. The molecule has 1 aliphatic rings. The number of anilines is 3. The molecule has 1 amide bonds. The molecule has 4 rings (SSSR count). The highest BCUT2D eigenvalue weighted by Gasteiger charge is 2.30. The lowest BCUT2D eigenvalue weighted by Crippen LogP contribution is -2.24. The fourth-order valence-corrected chi connectivity index (χ4v) is 3.62. The predicted octanol–water partition coefficient (Wildman–Crippen LogP) is 3.43. The first-order valence-corrected chi connectivity index (χ1v) is 9.58. The smallest absolute Gasteiger partial charge is 0.223 e. The quantitative estimate of drug-likeness (QED) is 0.722. The van der Waals surface area contributed by atoms with Gasteiger partial charge in [0, 0.05) is 43.7 Å². The minimum Gasteiger partial charge on any atom is -0.486 e. The van der Waals surface area contributed by atoms with E-state index in [1.165, 1.54) is 23.4 Å². The summed E-state index contributed by atoms with van der Waals surface area (Å²) in [6, 6.07) is 5.58. The van der Waals surface area contributed by atoms with Crippen LogP contribution in [0.1, 0.15) is 26.3 Å². The van der Waals surface area contributed by atoms with Crippen LogP contribution < -0.4 is 15.0 Å². The molecule has 3 aromatic rings. The molecule has 8 nitrogen and oxygen atoms in total. The molecule has 144 valence electrons. The summed E-state index contributed by atoms with van der Waals surface area (Å²) in [5.41, 5.74) is 2.26. The molecule has 0 fully saturated rings. The number of pyridine rings is 2. The number of hydrogen-bond donors (Lipinski definition) is 1. The highest BCUT2D eigenvalue weighted by atomic mass is 32.1. The van der Waals surface area contributed by atoms with Gasteiger partial charge in [-0.3, -0.25) is 4.79 Å². The van der Waals surface area contributed by atoms with E-state index >= 15 is 0 Å². The number of ether oxygens (including phenoxy) is 1. The zero-order valence-electron chi connectivity index (χ0n) is 16.1. The van der Waals surface area contributed by atoms with Crippen molar-refractivity contribution in [3.8, 4) is 17.3 Å². The Balaban J connectivity index is 1.58. The Kier molecular flexibility index (Phi) is 4.46. The van der Waals surface area contributed by atoms with Gasteiger partial charge in [-0.1, -0.05) is 0 Å². The lowest BCUT2D eigenvalue weighted by Gasteiger charge is -2.17. The lowest BCUT2D eigenvalue weighted by molar-refractivity contribution is -0.116. The number of amides is 1. The van der Waals surface area contributed by atoms with Crippen LogP contribution >= 0.6 is 11.5 Å². The number of rotatable bonds is 4. The average molecular weight is 396 g/mol. The third-order valence-electron chi connectivity index (χ3n) is 4.45. The predicted molar refractivity (Wildman–Crippen MR) is 108 cm³/mol. The van der Waals surface area contributed by atoms with Crippen molar-refractivity contribution < 1.29 is 9.53 Å². The van der Waals surface area contributed by atoms with Gasteiger partial charge in [-0.25, -0.2) is 9.97 Å². The third-order valence-corrected chi connectivity index (χ3v) is 5.08. The first kappa shape index (κ1) is 18.3. The van der Waals surface area contributed by atoms with E-state index in [1.54, 1.807) is 25.5 Å². The van der Waals surface area contributed by atoms with E-state index < -0.39 is 0 Å². The molecule has 28 heavy (non-hydrogen) atoms. The van der Waals surface area contributed by atoms with Gasteiger partial charge in [0.25, 0.3) is 0 Å². The normalized spacial score (nSPS) is 14.3. The van der Waals surface area contributed by atoms with Crippen molar-refractivity contribution in [1.29, 1.82) is 0 Å². The maximum absolute atomic E-state index is 11.7. The Morgan fingerprint density at radius 3 is 2.96 bits per heavy atom. The highest BCUT2D eigenvalue weighted by Crippen LogP contribution is 2.36. The van der Waals surface area contributed by atoms with Crippen molar-refractivity contribution in [3.05, 3.63) is 36.2 Å². The first-order chi connectivity index (χ1) is 13.3. The van der Waals surface area contributed by atoms with Gasteiger partial charge < -0.3 is 15.0 Å². The largest absolute Gasteiger partial charge is 0.486 e. The SMILES string of the molecule is CC(=O)N(C)c1cccnc1Nc1nc(-c2cc3c(cn2)OC(C)(C)C3)ns1. The summed E-state index contributed by atoms with van der Waals surface area (Å²) >= 11 is 1.21. The van der Waals surface area contributed by atoms with Crippen molar-refractivity contribution in [1.82, 2.24) is 19.3 Å². The molecule has 0 unspecified atom stereocenters. The topological polar surface area (TPSA) is 93.1 Å². The summed E-state index contributed by atoms with van der Waals surface area (Å²) in [6.07, 6.45) is 4.21. The van der Waals surface area contributed by atoms with Crippen molar-refractivity contribution >= 4 is 34.1 Å². The van der Waals surface area contributed by atoms with Crippen molar-refractivity contribution in [3.63, 3.8) is 0 Å². The molecule has 0 spiro atoms. The van der Waals surface area contributed by atoms with E-state index in [2.05, 4.69) is 38.5 Å². The Morgan fingerprint density at radius 2 is 2.18 bits per heavy atom. The van der Waals surface area contributed by atoms with E-state index in [1.807, 2.05) is 12.1 Å². The molecule has 0 aliphatic carbocycles. The zero-order chi connectivity index (χ0) is 19.9. The second-order valence-electron chi connectivity index (χ2n) is 7.21. The molecule has 0 bridgehead atoms. The van der Waals surface area contributed by atoms with E-state index in [9.17, 15) is 4.79 Å². The van der Waals surface area contributed by atoms with Crippen LogP contribution in [0.2, 0.25) is 0 Å². The second kappa shape index (κ2) is 6.83. The van der Waals surface area contributed by atoms with Crippen LogP contribution in [-0.2, 0) is 11.2 Å². The minimum absolute atomic E-state index is 0.0820. The number of aromatic nitrogens is 4. The molecule has 0 aromatic carbocycles. The van der Waals surface area contributed by atoms with Crippen molar-refractivity contribution in [2.45, 2.75) is 32.8 Å². The molecule has 1 aliphatic heterocycles. The third kappa shape index (κ3) is 3.53. The van der Waals surface area contributed by atoms with Gasteiger partial charge in [-0.2, -0.15) is 9.36 Å². The number of carbonyl (C=O) groups is 1. The minimum atomic E-state index is -0.219. The van der Waals surface area contributed by atoms with Crippen LogP contribution in [0.3, 0.4) is 0 Å². The molecule has 3 aromatic heterocycles. The second-order valence-corrected chi connectivity index (χ2v) is 7.96. The maximum Gasteiger partial charge on any atom is 0.223 e. The maximum atomic E-state index is 11.7. The fraction of sp³-hybridized carbons (Fsp3) is 0.316. The van der Waals surface area contributed by atoms with Gasteiger partial charge in [0.15, 0.2) is 11.6 Å². The number of nitrogens with zero attached hydrogens (tertiary/aromatic N) is 5. The molecule has 0 radical (unpaired) electrons. The number of fused-ring (bicyclic) bond motifs is 1. The van der Waals surface area contributed by atoms with Crippen LogP contribution in [-0.4, -0.2) is 37.9 Å². The average Bonchev–Trinajstić information content (AvgIpc) is 3.23. The van der Waals surface area contributed by atoms with Gasteiger partial charge in [-0.05, 0) is 32.0 Å². The van der Waals surface area contributed by atoms with E-state index in [4.69, 9.17) is 4.74 Å². The zero-order valence-corrected chi connectivity index (χ0v) is 16.9. The van der Waals surface area contributed by atoms with E-state index in [0.29, 0.717) is 28.2 Å². The fourth-order valence-electron chi connectivity index (χ4n) is 3.04. The summed E-state index contributed by atoms with van der Waals surface area (Å²) < 4.78 is 10.3. The first-order valence-electron chi connectivity index (χ1n) is 8.81. The molecule has 0 atom stereocenters. The van der Waals surface area contributed by atoms with Gasteiger partial charge in [0.1, 0.15) is 17.0 Å².